The van der Waals surface area contributed by atoms with E-state index in [1.54, 1.807) is 6.92 Å². The van der Waals surface area contributed by atoms with Gasteiger partial charge in [-0.3, -0.25) is 4.79 Å². The number of anilines is 1. The maximum absolute atomic E-state index is 12.8. The van der Waals surface area contributed by atoms with Crippen LogP contribution in [0.2, 0.25) is 0 Å². The zero-order chi connectivity index (χ0) is 21.7. The van der Waals surface area contributed by atoms with Crippen molar-refractivity contribution < 1.29 is 9.53 Å². The normalized spacial score (nSPS) is 29.1. The predicted octanol–water partition coefficient (Wildman–Crippen LogP) is 6.71. The molecule has 0 heterocycles. The monoisotopic (exact) mass is 425 g/mol. The minimum atomic E-state index is -0.570. The molecule has 4 saturated carbocycles. The van der Waals surface area contributed by atoms with Gasteiger partial charge in [0.25, 0.3) is 5.91 Å². The highest BCUT2D eigenvalue weighted by molar-refractivity contribution is 5.94. The van der Waals surface area contributed by atoms with Gasteiger partial charge < -0.3 is 10.1 Å². The van der Waals surface area contributed by atoms with Crippen molar-refractivity contribution in [3.63, 3.8) is 0 Å². The van der Waals surface area contributed by atoms with Crippen LogP contribution < -0.4 is 10.1 Å². The van der Waals surface area contributed by atoms with Gasteiger partial charge in [0.15, 0.2) is 6.10 Å². The van der Waals surface area contributed by atoms with Gasteiger partial charge in [-0.25, -0.2) is 0 Å². The van der Waals surface area contributed by atoms with E-state index in [2.05, 4.69) is 41.7 Å². The van der Waals surface area contributed by atoms with Gasteiger partial charge >= 0.3 is 0 Å². The van der Waals surface area contributed by atoms with E-state index in [0.717, 1.165) is 34.2 Å². The van der Waals surface area contributed by atoms with E-state index >= 15 is 0 Å². The molecule has 3 nitrogen and oxygen atoms in total. The lowest BCUT2D eigenvalue weighted by atomic mass is 9.48. The molecule has 0 aliphatic heterocycles. The Morgan fingerprint density at radius 3 is 2.16 bits per heavy atom. The summed E-state index contributed by atoms with van der Waals surface area (Å²) in [4.78, 5) is 12.8. The first-order chi connectivity index (χ1) is 15.6. The molecule has 3 heteroatoms. The quantitative estimate of drug-likeness (QED) is 0.493. The molecule has 7 rings (SSSR count). The molecule has 1 amide bonds. The number of rotatable bonds is 5. The average Bonchev–Trinajstić information content (AvgIpc) is 2.78. The Morgan fingerprint density at radius 2 is 1.50 bits per heavy atom. The number of carbonyl (C=O) groups is 1. The summed E-state index contributed by atoms with van der Waals surface area (Å²) in [6.07, 6.45) is 7.90. The van der Waals surface area contributed by atoms with Gasteiger partial charge in [-0.05, 0) is 109 Å². The average molecular weight is 426 g/mol. The highest BCUT2D eigenvalue weighted by atomic mass is 16.5. The van der Waals surface area contributed by atoms with Gasteiger partial charge in [0.2, 0.25) is 0 Å². The van der Waals surface area contributed by atoms with Crippen molar-refractivity contribution in [2.45, 2.75) is 57.0 Å². The molecule has 0 saturated heterocycles. The zero-order valence-electron chi connectivity index (χ0n) is 18.7. The summed E-state index contributed by atoms with van der Waals surface area (Å²) in [5, 5.41) is 5.31. The van der Waals surface area contributed by atoms with Crippen LogP contribution in [0.15, 0.2) is 66.7 Å². The largest absolute Gasteiger partial charge is 0.481 e. The number of amides is 1. The summed E-state index contributed by atoms with van der Waals surface area (Å²) in [5.74, 6) is 3.40. The van der Waals surface area contributed by atoms with Gasteiger partial charge in [0, 0.05) is 5.69 Å². The van der Waals surface area contributed by atoms with Gasteiger partial charge in [0.05, 0.1) is 0 Å². The molecular weight excluding hydrogens is 394 g/mol. The molecule has 1 N–H and O–H groups in total. The minimum absolute atomic E-state index is 0.124. The van der Waals surface area contributed by atoms with E-state index < -0.39 is 6.10 Å². The fourth-order valence-electron chi connectivity index (χ4n) is 7.11. The van der Waals surface area contributed by atoms with Gasteiger partial charge in [-0.15, -0.1) is 0 Å². The topological polar surface area (TPSA) is 38.3 Å². The van der Waals surface area contributed by atoms with Gasteiger partial charge in [-0.2, -0.15) is 0 Å². The molecule has 4 bridgehead atoms. The highest BCUT2D eigenvalue weighted by Gasteiger charge is 2.51. The lowest BCUT2D eigenvalue weighted by Gasteiger charge is -2.57. The molecule has 0 spiro atoms. The second-order valence-corrected chi connectivity index (χ2v) is 10.5. The van der Waals surface area contributed by atoms with Crippen LogP contribution in [0.5, 0.6) is 5.75 Å². The van der Waals surface area contributed by atoms with E-state index in [9.17, 15) is 4.79 Å². The van der Waals surface area contributed by atoms with Crippen LogP contribution in [0.3, 0.4) is 0 Å². The lowest BCUT2D eigenvalue weighted by molar-refractivity contribution is -0.122. The van der Waals surface area contributed by atoms with Crippen LogP contribution >= 0.6 is 0 Å². The second kappa shape index (κ2) is 7.65. The molecule has 4 aliphatic carbocycles. The summed E-state index contributed by atoms with van der Waals surface area (Å²) >= 11 is 0. The number of ether oxygens (including phenoxy) is 1. The second-order valence-electron chi connectivity index (χ2n) is 10.5. The third-order valence-electron chi connectivity index (χ3n) is 8.21. The van der Waals surface area contributed by atoms with Gasteiger partial charge in [-0.1, -0.05) is 42.5 Å². The molecule has 1 unspecified atom stereocenters. The summed E-state index contributed by atoms with van der Waals surface area (Å²) in [7, 11) is 0. The Balaban J connectivity index is 1.12. The number of hydrogen-bond acceptors (Lipinski definition) is 2. The van der Waals surface area contributed by atoms with E-state index in [-0.39, 0.29) is 5.91 Å². The van der Waals surface area contributed by atoms with Gasteiger partial charge in [0.1, 0.15) is 5.75 Å². The first-order valence-corrected chi connectivity index (χ1v) is 12.1. The number of nitrogens with one attached hydrogen (secondary N) is 1. The van der Waals surface area contributed by atoms with Crippen LogP contribution in [-0.4, -0.2) is 12.0 Å². The predicted molar refractivity (Wildman–Crippen MR) is 129 cm³/mol. The van der Waals surface area contributed by atoms with Crippen molar-refractivity contribution in [3.8, 4) is 5.75 Å². The van der Waals surface area contributed by atoms with E-state index in [0.29, 0.717) is 11.2 Å². The lowest BCUT2D eigenvalue weighted by Crippen LogP contribution is -2.48. The molecule has 3 aromatic rings. The molecule has 4 fully saturated rings. The smallest absolute Gasteiger partial charge is 0.265 e. The van der Waals surface area contributed by atoms with Crippen molar-refractivity contribution in [1.82, 2.24) is 0 Å². The van der Waals surface area contributed by atoms with Crippen molar-refractivity contribution in [2.24, 2.45) is 17.8 Å². The molecule has 1 atom stereocenters. The van der Waals surface area contributed by atoms with Crippen LogP contribution in [0.25, 0.3) is 10.8 Å². The Kier molecular flexibility index (Phi) is 4.74. The number of hydrogen-bond donors (Lipinski definition) is 1. The zero-order valence-corrected chi connectivity index (χ0v) is 18.7. The molecule has 164 valence electrons. The number of fused-ring (bicyclic) bond motifs is 1. The first-order valence-electron chi connectivity index (χ1n) is 12.1. The number of benzene rings is 3. The summed E-state index contributed by atoms with van der Waals surface area (Å²) < 4.78 is 5.93. The first kappa shape index (κ1) is 19.8. The summed E-state index contributed by atoms with van der Waals surface area (Å²) in [6, 6.07) is 22.8. The third-order valence-corrected chi connectivity index (χ3v) is 8.21. The van der Waals surface area contributed by atoms with Crippen molar-refractivity contribution in [1.29, 1.82) is 0 Å². The van der Waals surface area contributed by atoms with E-state index in [1.807, 2.05) is 30.3 Å². The molecule has 4 aliphatic rings. The maximum Gasteiger partial charge on any atom is 0.265 e. The Bertz CT molecular complexity index is 1110. The summed E-state index contributed by atoms with van der Waals surface area (Å²) in [5.41, 5.74) is 2.72. The molecule has 32 heavy (non-hydrogen) atoms. The standard InChI is InChI=1S/C29H31NO2/c1-19(32-27-11-6-23-4-2-3-5-24(23)15-27)28(31)30-26-9-7-25(8-10-26)29-16-20-12-21(17-29)14-22(13-20)18-29/h2-11,15,19-22H,12-14,16-18H2,1H3,(H,30,31). The maximum atomic E-state index is 12.8. The Labute approximate surface area is 190 Å². The summed E-state index contributed by atoms with van der Waals surface area (Å²) in [6.45, 7) is 1.80. The number of carbonyl (C=O) groups excluding carboxylic acids is 1. The Morgan fingerprint density at radius 1 is 0.875 bits per heavy atom. The van der Waals surface area contributed by atoms with Crippen LogP contribution in [0, 0.1) is 17.8 Å². The van der Waals surface area contributed by atoms with Crippen LogP contribution in [0.4, 0.5) is 5.69 Å². The van der Waals surface area contributed by atoms with E-state index in [1.165, 1.54) is 44.1 Å². The molecule has 0 aromatic heterocycles. The van der Waals surface area contributed by atoms with Crippen molar-refractivity contribution in [2.75, 3.05) is 5.32 Å². The highest BCUT2D eigenvalue weighted by Crippen LogP contribution is 2.60. The SMILES string of the molecule is CC(Oc1ccc2ccccc2c1)C(=O)Nc1ccc(C23CC4CC(CC(C4)C2)C3)cc1. The Hall–Kier alpha value is -2.81. The van der Waals surface area contributed by atoms with Crippen molar-refractivity contribution >= 4 is 22.4 Å². The molecule has 0 radical (unpaired) electrons. The van der Waals surface area contributed by atoms with Crippen molar-refractivity contribution in [3.05, 3.63) is 72.3 Å². The molecule has 3 aromatic carbocycles. The van der Waals surface area contributed by atoms with E-state index in [4.69, 9.17) is 4.74 Å². The van der Waals surface area contributed by atoms with Crippen LogP contribution in [-0.2, 0) is 10.2 Å². The fourth-order valence-corrected chi connectivity index (χ4v) is 7.11. The van der Waals surface area contributed by atoms with Crippen LogP contribution in [0.1, 0.15) is 51.0 Å². The minimum Gasteiger partial charge on any atom is -0.481 e. The third kappa shape index (κ3) is 3.58. The molecular formula is C29H31NO2. The fraction of sp³-hybridized carbons (Fsp3) is 0.414.